The predicted octanol–water partition coefficient (Wildman–Crippen LogP) is 0.443. The van der Waals surface area contributed by atoms with E-state index in [1.54, 1.807) is 0 Å². The van der Waals surface area contributed by atoms with Crippen LogP contribution < -0.4 is 4.84 Å². The second-order valence-electron chi connectivity index (χ2n) is 2.98. The molecule has 1 rings (SSSR count). The minimum atomic E-state index is -1.01. The molecule has 1 heterocycles. The van der Waals surface area contributed by atoms with Crippen molar-refractivity contribution in [1.82, 2.24) is 4.73 Å². The van der Waals surface area contributed by atoms with Crippen LogP contribution in [0.2, 0.25) is 0 Å². The Morgan fingerprint density at radius 3 is 2.38 bits per heavy atom. The van der Waals surface area contributed by atoms with Gasteiger partial charge >= 0.3 is 0 Å². The molecule has 0 aliphatic rings. The first kappa shape index (κ1) is 12.4. The highest BCUT2D eigenvalue weighted by molar-refractivity contribution is 6.81. The van der Waals surface area contributed by atoms with Crippen LogP contribution in [0.5, 0.6) is 11.8 Å². The van der Waals surface area contributed by atoms with Crippen LogP contribution in [0.15, 0.2) is 12.1 Å². The van der Waals surface area contributed by atoms with Gasteiger partial charge < -0.3 is 15.1 Å². The lowest BCUT2D eigenvalue weighted by Gasteiger charge is -2.07. The first-order valence-corrected chi connectivity index (χ1v) is 4.86. The maximum atomic E-state index is 10.8. The Morgan fingerprint density at radius 2 is 1.88 bits per heavy atom. The number of aromatic hydroxyl groups is 2. The van der Waals surface area contributed by atoms with Gasteiger partial charge in [0, 0.05) is 18.6 Å². The summed E-state index contributed by atoms with van der Waals surface area (Å²) in [6.45, 7) is 0.0612. The largest absolute Gasteiger partial charge is 0.492 e. The third-order valence-corrected chi connectivity index (χ3v) is 2.00. The Bertz CT molecular complexity index is 381. The number of halogens is 1. The molecule has 0 bridgehead atoms. The minimum Gasteiger partial charge on any atom is -0.492 e. The third kappa shape index (κ3) is 3.16. The van der Waals surface area contributed by atoms with Crippen LogP contribution in [0.1, 0.15) is 12.8 Å². The Balaban J connectivity index is 2.31. The molecule has 1 aromatic rings. The lowest BCUT2D eigenvalue weighted by Crippen LogP contribution is -2.14. The summed E-state index contributed by atoms with van der Waals surface area (Å²) >= 11 is 4.94. The maximum Gasteiger partial charge on any atom is 0.288 e. The Morgan fingerprint density at radius 1 is 1.31 bits per heavy atom. The van der Waals surface area contributed by atoms with Crippen molar-refractivity contribution in [1.29, 1.82) is 0 Å². The summed E-state index contributed by atoms with van der Waals surface area (Å²) in [5.41, 5.74) is 0. The van der Waals surface area contributed by atoms with Gasteiger partial charge in [0.25, 0.3) is 5.24 Å². The zero-order chi connectivity index (χ0) is 12.1. The molecule has 7 heteroatoms. The smallest absolute Gasteiger partial charge is 0.288 e. The molecule has 0 amide bonds. The summed E-state index contributed by atoms with van der Waals surface area (Å²) in [4.78, 5) is 26.1. The molecule has 0 saturated heterocycles. The number of hydrogen-bond donors (Lipinski definition) is 2. The molecule has 0 atom stereocenters. The molecule has 2 N–H and O–H groups in total. The van der Waals surface area contributed by atoms with Crippen LogP contribution in [0.4, 0.5) is 0 Å². The second-order valence-corrected chi connectivity index (χ2v) is 3.32. The Labute approximate surface area is 96.0 Å². The van der Waals surface area contributed by atoms with E-state index in [1.165, 1.54) is 12.1 Å². The van der Waals surface area contributed by atoms with Gasteiger partial charge in [-0.1, -0.05) is 0 Å². The van der Waals surface area contributed by atoms with Crippen molar-refractivity contribution in [3.05, 3.63) is 12.1 Å². The van der Waals surface area contributed by atoms with Gasteiger partial charge in [0.2, 0.25) is 17.5 Å². The standard InChI is InChI=1S/C9H10ClNO5/c10-9(15)6(12)2-1-5-16-11-7(13)3-4-8(11)14/h3-4,13-14H,1-2,5H2. The lowest BCUT2D eigenvalue weighted by molar-refractivity contribution is -0.132. The fourth-order valence-corrected chi connectivity index (χ4v) is 1.12. The first-order chi connectivity index (χ1) is 7.52. The van der Waals surface area contributed by atoms with Gasteiger partial charge in [-0.2, -0.15) is 0 Å². The summed E-state index contributed by atoms with van der Waals surface area (Å²) in [6, 6.07) is 2.51. The summed E-state index contributed by atoms with van der Waals surface area (Å²) in [6.07, 6.45) is 0.222. The number of ketones is 1. The van der Waals surface area contributed by atoms with Gasteiger partial charge in [-0.3, -0.25) is 9.59 Å². The highest BCUT2D eigenvalue weighted by Crippen LogP contribution is 2.18. The monoisotopic (exact) mass is 247 g/mol. The Kier molecular flexibility index (Phi) is 4.19. The van der Waals surface area contributed by atoms with Crippen LogP contribution in [0.3, 0.4) is 0 Å². The van der Waals surface area contributed by atoms with Crippen LogP contribution >= 0.6 is 11.6 Å². The quantitative estimate of drug-likeness (QED) is 0.433. The van der Waals surface area contributed by atoms with E-state index in [1.807, 2.05) is 0 Å². The molecule has 0 radical (unpaired) electrons. The number of Topliss-reactive ketones (excluding diaryl/α,β-unsaturated/α-hetero) is 1. The molecule has 0 aromatic carbocycles. The van der Waals surface area contributed by atoms with Crippen molar-refractivity contribution in [2.45, 2.75) is 12.8 Å². The van der Waals surface area contributed by atoms with Gasteiger partial charge in [0.05, 0.1) is 0 Å². The number of carbonyl (C=O) groups excluding carboxylic acids is 2. The molecular weight excluding hydrogens is 238 g/mol. The van der Waals surface area contributed by atoms with Crippen molar-refractivity contribution in [2.75, 3.05) is 6.61 Å². The molecule has 0 aliphatic heterocycles. The molecule has 0 saturated carbocycles. The SMILES string of the molecule is O=C(Cl)C(=O)CCCOn1c(O)ccc1O. The van der Waals surface area contributed by atoms with E-state index in [0.29, 0.717) is 0 Å². The van der Waals surface area contributed by atoms with E-state index in [4.69, 9.17) is 26.7 Å². The van der Waals surface area contributed by atoms with Gasteiger partial charge in [0.1, 0.15) is 6.61 Å². The topological polar surface area (TPSA) is 88.8 Å². The number of nitrogens with zero attached hydrogens (tertiary/aromatic N) is 1. The number of aromatic nitrogens is 1. The predicted molar refractivity (Wildman–Crippen MR) is 54.3 cm³/mol. The molecule has 16 heavy (non-hydrogen) atoms. The van der Waals surface area contributed by atoms with E-state index < -0.39 is 11.0 Å². The van der Waals surface area contributed by atoms with Crippen molar-refractivity contribution < 1.29 is 24.6 Å². The Hall–Kier alpha value is -1.69. The van der Waals surface area contributed by atoms with Gasteiger partial charge in [-0.05, 0) is 18.0 Å². The highest BCUT2D eigenvalue weighted by atomic mass is 35.5. The average molecular weight is 248 g/mol. The normalized spacial score (nSPS) is 10.1. The van der Waals surface area contributed by atoms with Crippen LogP contribution in [0, 0.1) is 0 Å². The summed E-state index contributed by atoms with van der Waals surface area (Å²) < 4.78 is 0.812. The van der Waals surface area contributed by atoms with Crippen molar-refractivity contribution >= 4 is 22.6 Å². The third-order valence-electron chi connectivity index (χ3n) is 1.79. The van der Waals surface area contributed by atoms with Gasteiger partial charge in [-0.15, -0.1) is 4.73 Å². The number of hydrogen-bond acceptors (Lipinski definition) is 5. The van der Waals surface area contributed by atoms with E-state index >= 15 is 0 Å². The van der Waals surface area contributed by atoms with Crippen LogP contribution in [-0.4, -0.2) is 32.6 Å². The first-order valence-electron chi connectivity index (χ1n) is 4.48. The maximum absolute atomic E-state index is 10.8. The van der Waals surface area contributed by atoms with Crippen LogP contribution in [0.25, 0.3) is 0 Å². The average Bonchev–Trinajstić information content (AvgIpc) is 2.54. The van der Waals surface area contributed by atoms with Crippen LogP contribution in [-0.2, 0) is 9.59 Å². The molecule has 88 valence electrons. The molecule has 0 spiro atoms. The lowest BCUT2D eigenvalue weighted by atomic mass is 10.2. The molecule has 1 aromatic heterocycles. The minimum absolute atomic E-state index is 0.0366. The van der Waals surface area contributed by atoms with E-state index in [-0.39, 0.29) is 31.2 Å². The molecule has 0 unspecified atom stereocenters. The van der Waals surface area contributed by atoms with Gasteiger partial charge in [0.15, 0.2) is 0 Å². The zero-order valence-corrected chi connectivity index (χ0v) is 8.98. The fourth-order valence-electron chi connectivity index (χ4n) is 1.02. The summed E-state index contributed by atoms with van der Waals surface area (Å²) in [5.74, 6) is -1.19. The molecule has 0 aliphatic carbocycles. The molecular formula is C9H10ClNO5. The van der Waals surface area contributed by atoms with E-state index in [2.05, 4.69) is 0 Å². The van der Waals surface area contributed by atoms with Gasteiger partial charge in [-0.25, -0.2) is 0 Å². The zero-order valence-electron chi connectivity index (χ0n) is 8.22. The van der Waals surface area contributed by atoms with E-state index in [0.717, 1.165) is 4.73 Å². The number of carbonyl (C=O) groups is 2. The highest BCUT2D eigenvalue weighted by Gasteiger charge is 2.10. The number of rotatable bonds is 6. The molecule has 6 nitrogen and oxygen atoms in total. The van der Waals surface area contributed by atoms with E-state index in [9.17, 15) is 9.59 Å². The second kappa shape index (κ2) is 5.41. The van der Waals surface area contributed by atoms with Crippen molar-refractivity contribution in [2.24, 2.45) is 0 Å². The molecule has 0 fully saturated rings. The van der Waals surface area contributed by atoms with Crippen molar-refractivity contribution in [3.63, 3.8) is 0 Å². The summed E-state index contributed by atoms with van der Waals surface area (Å²) in [5, 5.41) is 17.3. The summed E-state index contributed by atoms with van der Waals surface area (Å²) in [7, 11) is 0. The van der Waals surface area contributed by atoms with Crippen molar-refractivity contribution in [3.8, 4) is 11.8 Å². The fraction of sp³-hybridized carbons (Fsp3) is 0.333.